The molecule has 0 heteroatoms. The molecule has 0 aliphatic heterocycles. The number of hydrogen-bond donors (Lipinski definition) is 0. The lowest BCUT2D eigenvalue weighted by molar-refractivity contribution is 0.438. The van der Waals surface area contributed by atoms with Crippen LogP contribution in [0.15, 0.2) is 12.7 Å². The molecule has 0 N–H and O–H groups in total. The van der Waals surface area contributed by atoms with E-state index >= 15 is 0 Å². The number of hydrogen-bond acceptors (Lipinski definition) is 0. The Balaban J connectivity index is 3.24. The van der Waals surface area contributed by atoms with Gasteiger partial charge in [0.15, 0.2) is 0 Å². The molecule has 0 spiro atoms. The van der Waals surface area contributed by atoms with E-state index in [9.17, 15) is 0 Å². The molecule has 0 saturated heterocycles. The molecule has 0 bridgehead atoms. The molecule has 0 aromatic heterocycles. The fourth-order valence-electron chi connectivity index (χ4n) is 0.493. The second kappa shape index (κ2) is 2.91. The lowest BCUT2D eigenvalue weighted by Gasteiger charge is -2.15. The Morgan fingerprint density at radius 2 is 2.00 bits per heavy atom. The second-order valence-corrected chi connectivity index (χ2v) is 2.99. The van der Waals surface area contributed by atoms with Crippen LogP contribution in [0.25, 0.3) is 0 Å². The number of rotatable bonds is 3. The smallest absolute Gasteiger partial charge is 0.0348 e. The molecule has 0 atom stereocenters. The van der Waals surface area contributed by atoms with Crippen LogP contribution in [0.5, 0.6) is 0 Å². The molecular weight excluding hydrogens is 96.1 g/mol. The van der Waals surface area contributed by atoms with E-state index in [2.05, 4.69) is 27.4 Å². The van der Waals surface area contributed by atoms with Gasteiger partial charge in [0.05, 0.1) is 0 Å². The molecular formula is C8H15. The van der Waals surface area contributed by atoms with E-state index in [0.29, 0.717) is 0 Å². The van der Waals surface area contributed by atoms with Crippen LogP contribution < -0.4 is 0 Å². The van der Waals surface area contributed by atoms with E-state index in [0.717, 1.165) is 12.8 Å². The zero-order valence-corrected chi connectivity index (χ0v) is 5.91. The second-order valence-electron chi connectivity index (χ2n) is 2.99. The first-order valence-corrected chi connectivity index (χ1v) is 3.02. The van der Waals surface area contributed by atoms with Gasteiger partial charge in [-0.3, -0.25) is 0 Å². The van der Waals surface area contributed by atoms with Crippen LogP contribution in [-0.4, -0.2) is 0 Å². The van der Waals surface area contributed by atoms with Crippen molar-refractivity contribution in [1.29, 1.82) is 0 Å². The van der Waals surface area contributed by atoms with Crippen LogP contribution in [0.4, 0.5) is 0 Å². The topological polar surface area (TPSA) is 0 Å². The highest BCUT2D eigenvalue weighted by Gasteiger charge is 2.06. The Morgan fingerprint density at radius 1 is 1.50 bits per heavy atom. The molecule has 0 unspecified atom stereocenters. The molecule has 0 aliphatic carbocycles. The third kappa shape index (κ3) is 5.74. The van der Waals surface area contributed by atoms with Crippen LogP contribution in [0.2, 0.25) is 0 Å². The van der Waals surface area contributed by atoms with Crippen molar-refractivity contribution in [3.8, 4) is 0 Å². The van der Waals surface area contributed by atoms with Crippen LogP contribution in [0.3, 0.4) is 0 Å². The predicted molar refractivity (Wildman–Crippen MR) is 38.6 cm³/mol. The molecule has 0 aromatic carbocycles. The minimum Gasteiger partial charge on any atom is -0.103 e. The largest absolute Gasteiger partial charge is 0.103 e. The lowest BCUT2D eigenvalue weighted by Crippen LogP contribution is -2.03. The molecule has 0 aliphatic rings. The minimum atomic E-state index is 0.230. The highest BCUT2D eigenvalue weighted by atomic mass is 14.1. The zero-order chi connectivity index (χ0) is 6.62. The Labute approximate surface area is 52.6 Å². The van der Waals surface area contributed by atoms with Gasteiger partial charge in [-0.05, 0) is 25.2 Å². The van der Waals surface area contributed by atoms with Gasteiger partial charge >= 0.3 is 0 Å². The zero-order valence-electron chi connectivity index (χ0n) is 5.91. The van der Waals surface area contributed by atoms with E-state index in [-0.39, 0.29) is 5.41 Å². The summed E-state index contributed by atoms with van der Waals surface area (Å²) in [4.78, 5) is 0. The van der Waals surface area contributed by atoms with Crippen molar-refractivity contribution in [3.05, 3.63) is 19.6 Å². The van der Waals surface area contributed by atoms with E-state index < -0.39 is 0 Å². The lowest BCUT2D eigenvalue weighted by atomic mass is 9.91. The predicted octanol–water partition coefficient (Wildman–Crippen LogP) is 2.81. The normalized spacial score (nSPS) is 11.4. The first kappa shape index (κ1) is 7.74. The van der Waals surface area contributed by atoms with Gasteiger partial charge in [0, 0.05) is 0 Å². The summed E-state index contributed by atoms with van der Waals surface area (Å²) in [5.74, 6) is 0. The highest BCUT2D eigenvalue weighted by Crippen LogP contribution is 2.19. The van der Waals surface area contributed by atoms with E-state index in [1.54, 1.807) is 0 Å². The molecule has 0 aromatic rings. The van der Waals surface area contributed by atoms with Crippen LogP contribution in [0.1, 0.15) is 26.7 Å². The Morgan fingerprint density at radius 3 is 2.12 bits per heavy atom. The molecule has 1 radical (unpaired) electrons. The maximum Gasteiger partial charge on any atom is -0.0348 e. The maximum absolute atomic E-state index is 3.96. The van der Waals surface area contributed by atoms with Gasteiger partial charge in [-0.25, -0.2) is 0 Å². The first-order chi connectivity index (χ1) is 3.56. The van der Waals surface area contributed by atoms with Crippen molar-refractivity contribution < 1.29 is 0 Å². The van der Waals surface area contributed by atoms with E-state index in [1.165, 1.54) is 0 Å². The number of allylic oxidation sites excluding steroid dienone is 1. The quantitative estimate of drug-likeness (QED) is 0.491. The SMILES string of the molecule is [CH2]C(C)(C)CCC=C. The minimum absolute atomic E-state index is 0.230. The van der Waals surface area contributed by atoms with Gasteiger partial charge in [-0.1, -0.05) is 19.9 Å². The van der Waals surface area contributed by atoms with Crippen molar-refractivity contribution in [3.63, 3.8) is 0 Å². The average Bonchev–Trinajstić information content (AvgIpc) is 1.59. The van der Waals surface area contributed by atoms with Crippen molar-refractivity contribution in [1.82, 2.24) is 0 Å². The summed E-state index contributed by atoms with van der Waals surface area (Å²) in [6.45, 7) is 11.9. The molecule has 0 saturated carbocycles. The summed E-state index contributed by atoms with van der Waals surface area (Å²) >= 11 is 0. The van der Waals surface area contributed by atoms with Gasteiger partial charge in [0.2, 0.25) is 0 Å². The maximum atomic E-state index is 3.96. The molecule has 47 valence electrons. The van der Waals surface area contributed by atoms with Gasteiger partial charge in [0.25, 0.3) is 0 Å². The van der Waals surface area contributed by atoms with Crippen LogP contribution in [0, 0.1) is 12.3 Å². The third-order valence-corrected chi connectivity index (χ3v) is 1.03. The highest BCUT2D eigenvalue weighted by molar-refractivity contribution is 4.76. The van der Waals surface area contributed by atoms with E-state index in [1.807, 2.05) is 6.08 Å². The molecule has 0 fully saturated rings. The van der Waals surface area contributed by atoms with Crippen LogP contribution in [-0.2, 0) is 0 Å². The third-order valence-electron chi connectivity index (χ3n) is 1.03. The first-order valence-electron chi connectivity index (χ1n) is 3.02. The molecule has 0 heterocycles. The molecule has 0 nitrogen and oxygen atoms in total. The average molecular weight is 111 g/mol. The standard InChI is InChI=1S/C8H15/c1-5-6-7-8(2,3)4/h5H,1-2,6-7H2,3-4H3. The van der Waals surface area contributed by atoms with Gasteiger partial charge in [0.1, 0.15) is 0 Å². The van der Waals surface area contributed by atoms with Crippen molar-refractivity contribution >= 4 is 0 Å². The summed E-state index contributed by atoms with van der Waals surface area (Å²) in [6.07, 6.45) is 4.15. The molecule has 8 heavy (non-hydrogen) atoms. The van der Waals surface area contributed by atoms with Gasteiger partial charge in [-0.2, -0.15) is 0 Å². The summed E-state index contributed by atoms with van der Waals surface area (Å²) in [7, 11) is 0. The Bertz CT molecular complexity index is 64.6. The van der Waals surface area contributed by atoms with Crippen molar-refractivity contribution in [2.45, 2.75) is 26.7 Å². The summed E-state index contributed by atoms with van der Waals surface area (Å²) in [5.41, 5.74) is 0.230. The Hall–Kier alpha value is -0.260. The van der Waals surface area contributed by atoms with Gasteiger partial charge < -0.3 is 0 Å². The van der Waals surface area contributed by atoms with Crippen molar-refractivity contribution in [2.24, 2.45) is 5.41 Å². The Kier molecular flexibility index (Phi) is 2.81. The van der Waals surface area contributed by atoms with Crippen molar-refractivity contribution in [2.75, 3.05) is 0 Å². The summed E-state index contributed by atoms with van der Waals surface area (Å²) < 4.78 is 0. The fraction of sp³-hybridized carbons (Fsp3) is 0.625. The summed E-state index contributed by atoms with van der Waals surface area (Å²) in [6, 6.07) is 0. The van der Waals surface area contributed by atoms with E-state index in [4.69, 9.17) is 0 Å². The van der Waals surface area contributed by atoms with Gasteiger partial charge in [-0.15, -0.1) is 6.58 Å². The van der Waals surface area contributed by atoms with Crippen LogP contribution >= 0.6 is 0 Å². The monoisotopic (exact) mass is 111 g/mol. The molecule has 0 rings (SSSR count). The molecule has 0 amide bonds. The summed E-state index contributed by atoms with van der Waals surface area (Å²) in [5, 5.41) is 0. The fourth-order valence-corrected chi connectivity index (χ4v) is 0.493.